The van der Waals surface area contributed by atoms with Crippen molar-refractivity contribution in [2.24, 2.45) is 0 Å². The van der Waals surface area contributed by atoms with Crippen molar-refractivity contribution in [2.75, 3.05) is 33.2 Å². The highest BCUT2D eigenvalue weighted by atomic mass is 16.2. The van der Waals surface area contributed by atoms with Gasteiger partial charge in [-0.2, -0.15) is 5.10 Å². The van der Waals surface area contributed by atoms with Crippen LogP contribution in [0.15, 0.2) is 11.1 Å². The summed E-state index contributed by atoms with van der Waals surface area (Å²) in [4.78, 5) is 17.6. The molecule has 130 valence electrons. The summed E-state index contributed by atoms with van der Waals surface area (Å²) in [5.74, 6) is 0. The van der Waals surface area contributed by atoms with E-state index in [1.54, 1.807) is 11.0 Å². The summed E-state index contributed by atoms with van der Waals surface area (Å²) in [5, 5.41) is 4.33. The van der Waals surface area contributed by atoms with Crippen molar-refractivity contribution in [2.45, 2.75) is 64.1 Å². The van der Waals surface area contributed by atoms with Crippen LogP contribution in [0.1, 0.15) is 58.0 Å². The molecule has 2 aliphatic rings. The Kier molecular flexibility index (Phi) is 5.21. The van der Waals surface area contributed by atoms with E-state index in [0.29, 0.717) is 12.1 Å². The lowest BCUT2D eigenvalue weighted by molar-refractivity contribution is 0.0819. The topological polar surface area (TPSA) is 46.3 Å². The Balaban J connectivity index is 1.59. The van der Waals surface area contributed by atoms with Gasteiger partial charge in [0.1, 0.15) is 6.33 Å². The Morgan fingerprint density at radius 2 is 1.74 bits per heavy atom. The highest BCUT2D eigenvalue weighted by Gasteiger charge is 2.29. The third-order valence-electron chi connectivity index (χ3n) is 5.84. The second-order valence-corrected chi connectivity index (χ2v) is 7.32. The molecule has 0 spiro atoms. The Bertz CT molecular complexity index is 550. The lowest BCUT2D eigenvalue weighted by Gasteiger charge is -2.41. The minimum atomic E-state index is 0.0717. The molecule has 2 heterocycles. The predicted octanol–water partition coefficient (Wildman–Crippen LogP) is 1.75. The van der Waals surface area contributed by atoms with Gasteiger partial charge in [-0.3, -0.25) is 9.47 Å². The molecule has 6 nitrogen and oxygen atoms in total. The number of hydrogen-bond acceptors (Lipinski definition) is 4. The number of aromatic nitrogens is 3. The zero-order valence-electron chi connectivity index (χ0n) is 14.8. The first-order valence-electron chi connectivity index (χ1n) is 9.18. The molecule has 23 heavy (non-hydrogen) atoms. The molecule has 0 amide bonds. The third kappa shape index (κ3) is 3.53. The fourth-order valence-corrected chi connectivity index (χ4v) is 3.94. The van der Waals surface area contributed by atoms with Gasteiger partial charge in [0, 0.05) is 38.3 Å². The minimum Gasteiger partial charge on any atom is -0.304 e. The van der Waals surface area contributed by atoms with Crippen LogP contribution < -0.4 is 5.69 Å². The molecule has 1 aliphatic carbocycles. The number of piperazine rings is 1. The lowest BCUT2D eigenvalue weighted by atomic mass is 9.89. The Labute approximate surface area is 139 Å². The molecule has 3 rings (SSSR count). The molecule has 1 saturated heterocycles. The molecule has 1 saturated carbocycles. The first-order chi connectivity index (χ1) is 11.1. The molecule has 0 bridgehead atoms. The zero-order valence-corrected chi connectivity index (χ0v) is 14.8. The van der Waals surface area contributed by atoms with Crippen molar-refractivity contribution in [1.82, 2.24) is 24.1 Å². The van der Waals surface area contributed by atoms with Crippen LogP contribution in [0.2, 0.25) is 0 Å². The van der Waals surface area contributed by atoms with Crippen molar-refractivity contribution >= 4 is 0 Å². The highest BCUT2D eigenvalue weighted by Crippen LogP contribution is 2.30. The second-order valence-electron chi connectivity index (χ2n) is 7.32. The van der Waals surface area contributed by atoms with E-state index >= 15 is 0 Å². The number of hydrogen-bond donors (Lipinski definition) is 0. The summed E-state index contributed by atoms with van der Waals surface area (Å²) < 4.78 is 3.53. The quantitative estimate of drug-likeness (QED) is 0.847. The standard InChI is InChI=1S/C17H31N5O/c1-4-14(2)22-17(23)21(13-18-22)16-7-5-15(6-8-16)20-11-9-19(3)10-12-20/h13-16H,4-12H2,1-3H3. The lowest BCUT2D eigenvalue weighted by Crippen LogP contribution is -2.50. The zero-order chi connectivity index (χ0) is 16.4. The fraction of sp³-hybridized carbons (Fsp3) is 0.882. The van der Waals surface area contributed by atoms with Gasteiger partial charge in [-0.25, -0.2) is 9.48 Å². The van der Waals surface area contributed by atoms with Crippen LogP contribution in [-0.4, -0.2) is 63.4 Å². The average Bonchev–Trinajstić information content (AvgIpc) is 2.96. The molecule has 0 radical (unpaired) electrons. The van der Waals surface area contributed by atoms with Crippen LogP contribution >= 0.6 is 0 Å². The third-order valence-corrected chi connectivity index (χ3v) is 5.84. The van der Waals surface area contributed by atoms with Crippen molar-refractivity contribution < 1.29 is 0 Å². The van der Waals surface area contributed by atoms with Crippen LogP contribution in [-0.2, 0) is 0 Å². The molecule has 0 N–H and O–H groups in total. The fourth-order valence-electron chi connectivity index (χ4n) is 3.94. The van der Waals surface area contributed by atoms with Gasteiger partial charge in [-0.15, -0.1) is 0 Å². The van der Waals surface area contributed by atoms with E-state index in [1.165, 1.54) is 39.0 Å². The van der Waals surface area contributed by atoms with Gasteiger partial charge in [0.25, 0.3) is 0 Å². The summed E-state index contributed by atoms with van der Waals surface area (Å²) in [6.07, 6.45) is 7.30. The molecular formula is C17H31N5O. The summed E-state index contributed by atoms with van der Waals surface area (Å²) in [6.45, 7) is 8.90. The molecule has 1 atom stereocenters. The van der Waals surface area contributed by atoms with Gasteiger partial charge in [-0.05, 0) is 46.1 Å². The Morgan fingerprint density at radius 3 is 2.35 bits per heavy atom. The minimum absolute atomic E-state index is 0.0717. The van der Waals surface area contributed by atoms with E-state index in [0.717, 1.165) is 19.3 Å². The maximum Gasteiger partial charge on any atom is 0.346 e. The van der Waals surface area contributed by atoms with Crippen LogP contribution in [0, 0.1) is 0 Å². The number of likely N-dealkylation sites (N-methyl/N-ethyl adjacent to an activating group) is 1. The second kappa shape index (κ2) is 7.18. The summed E-state index contributed by atoms with van der Waals surface area (Å²) in [5.41, 5.74) is 0.0717. The van der Waals surface area contributed by atoms with Crippen molar-refractivity contribution in [3.63, 3.8) is 0 Å². The Hall–Kier alpha value is -1.14. The van der Waals surface area contributed by atoms with Crippen LogP contribution in [0.25, 0.3) is 0 Å². The molecule has 1 aromatic rings. The van der Waals surface area contributed by atoms with E-state index in [1.807, 2.05) is 4.57 Å². The highest BCUT2D eigenvalue weighted by molar-refractivity contribution is 4.87. The molecular weight excluding hydrogens is 290 g/mol. The maximum atomic E-state index is 12.5. The van der Waals surface area contributed by atoms with E-state index in [-0.39, 0.29) is 11.7 Å². The molecule has 0 aromatic carbocycles. The van der Waals surface area contributed by atoms with Crippen molar-refractivity contribution in [3.8, 4) is 0 Å². The van der Waals surface area contributed by atoms with Crippen LogP contribution in [0.4, 0.5) is 0 Å². The largest absolute Gasteiger partial charge is 0.346 e. The predicted molar refractivity (Wildman–Crippen MR) is 91.9 cm³/mol. The van der Waals surface area contributed by atoms with E-state index < -0.39 is 0 Å². The first-order valence-corrected chi connectivity index (χ1v) is 9.18. The number of nitrogens with zero attached hydrogens (tertiary/aromatic N) is 5. The molecule has 1 aliphatic heterocycles. The van der Waals surface area contributed by atoms with Gasteiger partial charge < -0.3 is 4.90 Å². The maximum absolute atomic E-state index is 12.5. The average molecular weight is 321 g/mol. The molecule has 1 aromatic heterocycles. The molecule has 2 fully saturated rings. The normalized spacial score (nSPS) is 28.8. The summed E-state index contributed by atoms with van der Waals surface area (Å²) in [7, 11) is 2.20. The molecule has 1 unspecified atom stereocenters. The smallest absolute Gasteiger partial charge is 0.304 e. The monoisotopic (exact) mass is 321 g/mol. The van der Waals surface area contributed by atoms with Gasteiger partial charge >= 0.3 is 5.69 Å². The van der Waals surface area contributed by atoms with Crippen LogP contribution in [0.3, 0.4) is 0 Å². The van der Waals surface area contributed by atoms with Crippen LogP contribution in [0.5, 0.6) is 0 Å². The van der Waals surface area contributed by atoms with Gasteiger partial charge in [0.15, 0.2) is 0 Å². The van der Waals surface area contributed by atoms with E-state index in [4.69, 9.17) is 0 Å². The van der Waals surface area contributed by atoms with Gasteiger partial charge in [0.2, 0.25) is 0 Å². The number of rotatable bonds is 4. The molecule has 6 heteroatoms. The first kappa shape index (κ1) is 16.7. The Morgan fingerprint density at radius 1 is 1.13 bits per heavy atom. The summed E-state index contributed by atoms with van der Waals surface area (Å²) >= 11 is 0. The van der Waals surface area contributed by atoms with Crippen molar-refractivity contribution in [3.05, 3.63) is 16.8 Å². The van der Waals surface area contributed by atoms with Gasteiger partial charge in [0.05, 0.1) is 6.04 Å². The summed E-state index contributed by atoms with van der Waals surface area (Å²) in [6, 6.07) is 1.23. The van der Waals surface area contributed by atoms with E-state index in [9.17, 15) is 4.79 Å². The van der Waals surface area contributed by atoms with Gasteiger partial charge in [-0.1, -0.05) is 6.92 Å². The van der Waals surface area contributed by atoms with E-state index in [2.05, 4.69) is 35.8 Å². The SMILES string of the molecule is CCC(C)n1ncn(C2CCC(N3CCN(C)CC3)CC2)c1=O. The van der Waals surface area contributed by atoms with Crippen molar-refractivity contribution in [1.29, 1.82) is 0 Å².